The van der Waals surface area contributed by atoms with Crippen molar-refractivity contribution >= 4 is 16.9 Å². The lowest BCUT2D eigenvalue weighted by Crippen LogP contribution is -2.13. The highest BCUT2D eigenvalue weighted by Gasteiger charge is 2.20. The van der Waals surface area contributed by atoms with Crippen LogP contribution in [0, 0.1) is 6.92 Å². The second kappa shape index (κ2) is 7.73. The summed E-state index contributed by atoms with van der Waals surface area (Å²) in [6, 6.07) is 26.7. The van der Waals surface area contributed by atoms with Gasteiger partial charge in [0, 0.05) is 17.5 Å². The molecule has 0 amide bonds. The standard InChI is InChI=1S/C25H23NO2/c1-3-28-25(27)23-16-22-18(2)14-15-21(20-12-8-5-9-13-20)24(22)26(23)17-19-10-6-4-7-11-19/h4-16H,3,17H2,1-2H3. The van der Waals surface area contributed by atoms with E-state index in [0.29, 0.717) is 18.8 Å². The van der Waals surface area contributed by atoms with Crippen LogP contribution in [0.3, 0.4) is 0 Å². The van der Waals surface area contributed by atoms with Gasteiger partial charge in [0.25, 0.3) is 0 Å². The van der Waals surface area contributed by atoms with Crippen molar-refractivity contribution in [3.8, 4) is 11.1 Å². The molecule has 0 radical (unpaired) electrons. The van der Waals surface area contributed by atoms with Crippen molar-refractivity contribution in [2.45, 2.75) is 20.4 Å². The summed E-state index contributed by atoms with van der Waals surface area (Å²) in [6.45, 7) is 4.89. The maximum Gasteiger partial charge on any atom is 0.354 e. The molecule has 0 fully saturated rings. The lowest BCUT2D eigenvalue weighted by Gasteiger charge is -2.14. The van der Waals surface area contributed by atoms with Crippen molar-refractivity contribution in [3.05, 3.63) is 95.7 Å². The number of carbonyl (C=O) groups excluding carboxylic acids is 1. The molecule has 1 aromatic heterocycles. The average Bonchev–Trinajstić information content (AvgIpc) is 3.10. The third kappa shape index (κ3) is 3.31. The molecular weight excluding hydrogens is 346 g/mol. The Morgan fingerprint density at radius 3 is 2.29 bits per heavy atom. The van der Waals surface area contributed by atoms with Gasteiger partial charge in [-0.25, -0.2) is 4.79 Å². The molecule has 4 rings (SSSR count). The first-order valence-electron chi connectivity index (χ1n) is 9.58. The van der Waals surface area contributed by atoms with Crippen LogP contribution in [0.25, 0.3) is 22.0 Å². The van der Waals surface area contributed by atoms with Crippen molar-refractivity contribution < 1.29 is 9.53 Å². The summed E-state index contributed by atoms with van der Waals surface area (Å²) in [5.74, 6) is -0.284. The number of aryl methyl sites for hydroxylation is 1. The minimum absolute atomic E-state index is 0.284. The van der Waals surface area contributed by atoms with E-state index in [0.717, 1.165) is 33.2 Å². The second-order valence-corrected chi connectivity index (χ2v) is 6.88. The predicted molar refractivity (Wildman–Crippen MR) is 114 cm³/mol. The van der Waals surface area contributed by atoms with Gasteiger partial charge in [0.05, 0.1) is 12.1 Å². The van der Waals surface area contributed by atoms with E-state index in [1.54, 1.807) is 0 Å². The zero-order chi connectivity index (χ0) is 19.5. The number of carbonyl (C=O) groups is 1. The molecule has 0 saturated carbocycles. The maximum atomic E-state index is 12.7. The molecule has 3 heteroatoms. The molecule has 0 bridgehead atoms. The van der Waals surface area contributed by atoms with Crippen LogP contribution >= 0.6 is 0 Å². The van der Waals surface area contributed by atoms with Gasteiger partial charge >= 0.3 is 5.97 Å². The fourth-order valence-corrected chi connectivity index (χ4v) is 3.67. The van der Waals surface area contributed by atoms with E-state index < -0.39 is 0 Å². The Balaban J connectivity index is 2.00. The Hall–Kier alpha value is -3.33. The first-order valence-corrected chi connectivity index (χ1v) is 9.58. The number of benzene rings is 3. The summed E-state index contributed by atoms with van der Waals surface area (Å²) >= 11 is 0. The summed E-state index contributed by atoms with van der Waals surface area (Å²) in [5, 5.41) is 1.08. The van der Waals surface area contributed by atoms with E-state index in [1.807, 2.05) is 49.4 Å². The van der Waals surface area contributed by atoms with Crippen LogP contribution in [-0.4, -0.2) is 17.1 Å². The number of nitrogens with zero attached hydrogens (tertiary/aromatic N) is 1. The molecule has 0 saturated heterocycles. The van der Waals surface area contributed by atoms with Gasteiger partial charge in [0.1, 0.15) is 5.69 Å². The van der Waals surface area contributed by atoms with Gasteiger partial charge in [0.2, 0.25) is 0 Å². The number of esters is 1. The van der Waals surface area contributed by atoms with Crippen LogP contribution in [0.2, 0.25) is 0 Å². The molecule has 0 N–H and O–H groups in total. The van der Waals surface area contributed by atoms with Gasteiger partial charge in [0.15, 0.2) is 0 Å². The molecule has 0 aliphatic carbocycles. The molecule has 0 spiro atoms. The van der Waals surface area contributed by atoms with Gasteiger partial charge in [-0.05, 0) is 36.6 Å². The van der Waals surface area contributed by atoms with E-state index in [2.05, 4.69) is 47.9 Å². The highest BCUT2D eigenvalue weighted by molar-refractivity contribution is 6.02. The lowest BCUT2D eigenvalue weighted by molar-refractivity contribution is 0.0515. The molecule has 0 unspecified atom stereocenters. The summed E-state index contributed by atoms with van der Waals surface area (Å²) < 4.78 is 7.46. The summed E-state index contributed by atoms with van der Waals surface area (Å²) in [4.78, 5) is 12.7. The minimum Gasteiger partial charge on any atom is -0.461 e. The predicted octanol–water partition coefficient (Wildman–Crippen LogP) is 5.84. The second-order valence-electron chi connectivity index (χ2n) is 6.88. The van der Waals surface area contributed by atoms with Crippen LogP contribution in [0.4, 0.5) is 0 Å². The number of hydrogen-bond donors (Lipinski definition) is 0. The molecule has 0 aliphatic heterocycles. The first-order chi connectivity index (χ1) is 13.7. The number of ether oxygens (including phenoxy) is 1. The highest BCUT2D eigenvalue weighted by atomic mass is 16.5. The Morgan fingerprint density at radius 1 is 0.929 bits per heavy atom. The van der Waals surface area contributed by atoms with Crippen LogP contribution < -0.4 is 0 Å². The normalized spacial score (nSPS) is 10.9. The molecule has 140 valence electrons. The smallest absolute Gasteiger partial charge is 0.354 e. The van der Waals surface area contributed by atoms with E-state index in [-0.39, 0.29) is 5.97 Å². The van der Waals surface area contributed by atoms with Crippen molar-refractivity contribution in [1.82, 2.24) is 4.57 Å². The fourth-order valence-electron chi connectivity index (χ4n) is 3.67. The van der Waals surface area contributed by atoms with Crippen molar-refractivity contribution in [1.29, 1.82) is 0 Å². The number of aromatic nitrogens is 1. The molecule has 0 atom stereocenters. The zero-order valence-electron chi connectivity index (χ0n) is 16.2. The Morgan fingerprint density at radius 2 is 1.61 bits per heavy atom. The maximum absolute atomic E-state index is 12.7. The first kappa shape index (κ1) is 18.1. The number of hydrogen-bond acceptors (Lipinski definition) is 2. The van der Waals surface area contributed by atoms with Crippen LogP contribution in [0.5, 0.6) is 0 Å². The molecular formula is C25H23NO2. The van der Waals surface area contributed by atoms with E-state index >= 15 is 0 Å². The Kier molecular flexibility index (Phi) is 4.98. The van der Waals surface area contributed by atoms with E-state index in [1.165, 1.54) is 0 Å². The minimum atomic E-state index is -0.284. The van der Waals surface area contributed by atoms with Crippen molar-refractivity contribution in [2.75, 3.05) is 6.61 Å². The van der Waals surface area contributed by atoms with E-state index in [4.69, 9.17) is 4.74 Å². The lowest BCUT2D eigenvalue weighted by atomic mass is 10.0. The van der Waals surface area contributed by atoms with E-state index in [9.17, 15) is 4.79 Å². The van der Waals surface area contributed by atoms with Gasteiger partial charge in [-0.1, -0.05) is 72.8 Å². The summed E-state index contributed by atoms with van der Waals surface area (Å²) in [5.41, 5.74) is 6.20. The highest BCUT2D eigenvalue weighted by Crippen LogP contribution is 2.34. The largest absolute Gasteiger partial charge is 0.461 e. The molecule has 0 aliphatic rings. The van der Waals surface area contributed by atoms with Gasteiger partial charge < -0.3 is 9.30 Å². The molecule has 4 aromatic rings. The van der Waals surface area contributed by atoms with Gasteiger partial charge in [-0.2, -0.15) is 0 Å². The zero-order valence-corrected chi connectivity index (χ0v) is 16.2. The molecule has 3 aromatic carbocycles. The molecule has 28 heavy (non-hydrogen) atoms. The van der Waals surface area contributed by atoms with Crippen molar-refractivity contribution in [3.63, 3.8) is 0 Å². The Labute approximate surface area is 165 Å². The van der Waals surface area contributed by atoms with Crippen LogP contribution in [-0.2, 0) is 11.3 Å². The Bertz CT molecular complexity index is 1110. The van der Waals surface area contributed by atoms with Gasteiger partial charge in [-0.15, -0.1) is 0 Å². The SMILES string of the molecule is CCOC(=O)c1cc2c(C)ccc(-c3ccccc3)c2n1Cc1ccccc1. The topological polar surface area (TPSA) is 31.2 Å². The molecule has 3 nitrogen and oxygen atoms in total. The van der Waals surface area contributed by atoms with Crippen LogP contribution in [0.15, 0.2) is 78.9 Å². The summed E-state index contributed by atoms with van der Waals surface area (Å²) in [7, 11) is 0. The van der Waals surface area contributed by atoms with Crippen LogP contribution in [0.1, 0.15) is 28.5 Å². The van der Waals surface area contributed by atoms with Gasteiger partial charge in [-0.3, -0.25) is 0 Å². The monoisotopic (exact) mass is 369 g/mol. The third-order valence-corrected chi connectivity index (χ3v) is 5.03. The quantitative estimate of drug-likeness (QED) is 0.414. The number of fused-ring (bicyclic) bond motifs is 1. The summed E-state index contributed by atoms with van der Waals surface area (Å²) in [6.07, 6.45) is 0. The number of rotatable bonds is 5. The third-order valence-electron chi connectivity index (χ3n) is 5.03. The molecule has 1 heterocycles. The average molecular weight is 369 g/mol. The van der Waals surface area contributed by atoms with Crippen molar-refractivity contribution in [2.24, 2.45) is 0 Å². The fraction of sp³-hybridized carbons (Fsp3) is 0.160.